The Morgan fingerprint density at radius 2 is 1.68 bits per heavy atom. The third-order valence-electron chi connectivity index (χ3n) is 2.62. The Balaban J connectivity index is 2.17. The molecule has 0 aliphatic heterocycles. The van der Waals surface area contributed by atoms with Crippen molar-refractivity contribution in [1.29, 1.82) is 0 Å². The van der Waals surface area contributed by atoms with Crippen molar-refractivity contribution in [3.05, 3.63) is 57.0 Å². The van der Waals surface area contributed by atoms with Crippen LogP contribution in [0.1, 0.15) is 5.56 Å². The van der Waals surface area contributed by atoms with Gasteiger partial charge in [0.15, 0.2) is 0 Å². The second kappa shape index (κ2) is 6.38. The van der Waals surface area contributed by atoms with E-state index in [1.54, 1.807) is 13.2 Å². The molecule has 2 aromatic rings. The van der Waals surface area contributed by atoms with E-state index in [4.69, 9.17) is 39.5 Å². The van der Waals surface area contributed by atoms with Crippen LogP contribution in [0, 0.1) is 0 Å². The number of hydrogen-bond donors (Lipinski definition) is 1. The summed E-state index contributed by atoms with van der Waals surface area (Å²) in [4.78, 5) is 0. The molecule has 0 aromatic heterocycles. The largest absolute Gasteiger partial charge is 0.495 e. The standard InChI is InChI=1S/C14H12Cl3NO/c1-19-14-9(6-11(16)7-13(14)17)8-18-12-4-2-10(15)3-5-12/h2-7,18H,8H2,1H3. The SMILES string of the molecule is COc1c(Cl)cc(Cl)cc1CNc1ccc(Cl)cc1. The fourth-order valence-electron chi connectivity index (χ4n) is 1.74. The van der Waals surface area contributed by atoms with Crippen molar-refractivity contribution < 1.29 is 4.74 Å². The second-order valence-electron chi connectivity index (χ2n) is 3.94. The number of halogens is 3. The molecule has 0 heterocycles. The van der Waals surface area contributed by atoms with Gasteiger partial charge in [-0.3, -0.25) is 0 Å². The maximum Gasteiger partial charge on any atom is 0.142 e. The highest BCUT2D eigenvalue weighted by Gasteiger charge is 2.09. The summed E-state index contributed by atoms with van der Waals surface area (Å²) < 4.78 is 5.29. The molecule has 0 saturated carbocycles. The first-order valence-corrected chi connectivity index (χ1v) is 6.75. The molecule has 2 nitrogen and oxygen atoms in total. The third kappa shape index (κ3) is 3.69. The second-order valence-corrected chi connectivity index (χ2v) is 5.22. The molecular weight excluding hydrogens is 305 g/mol. The van der Waals surface area contributed by atoms with Gasteiger partial charge in [-0.1, -0.05) is 34.8 Å². The van der Waals surface area contributed by atoms with Crippen molar-refractivity contribution in [2.75, 3.05) is 12.4 Å². The van der Waals surface area contributed by atoms with Crippen LogP contribution >= 0.6 is 34.8 Å². The lowest BCUT2D eigenvalue weighted by atomic mass is 10.2. The monoisotopic (exact) mass is 315 g/mol. The fourth-order valence-corrected chi connectivity index (χ4v) is 2.48. The van der Waals surface area contributed by atoms with Crippen LogP contribution in [0.3, 0.4) is 0 Å². The van der Waals surface area contributed by atoms with Crippen LogP contribution in [-0.4, -0.2) is 7.11 Å². The van der Waals surface area contributed by atoms with Crippen LogP contribution in [0.4, 0.5) is 5.69 Å². The van der Waals surface area contributed by atoms with Crippen molar-refractivity contribution in [3.8, 4) is 5.75 Å². The minimum atomic E-state index is 0.503. The summed E-state index contributed by atoms with van der Waals surface area (Å²) >= 11 is 17.9. The molecule has 0 atom stereocenters. The zero-order chi connectivity index (χ0) is 13.8. The third-order valence-corrected chi connectivity index (χ3v) is 3.37. The van der Waals surface area contributed by atoms with E-state index in [1.165, 1.54) is 0 Å². The maximum absolute atomic E-state index is 6.08. The molecule has 0 saturated heterocycles. The number of nitrogens with one attached hydrogen (secondary N) is 1. The Hall–Kier alpha value is -1.09. The summed E-state index contributed by atoms with van der Waals surface area (Å²) in [7, 11) is 1.58. The number of ether oxygens (including phenoxy) is 1. The van der Waals surface area contributed by atoms with Crippen molar-refractivity contribution in [1.82, 2.24) is 0 Å². The van der Waals surface area contributed by atoms with Gasteiger partial charge in [0.25, 0.3) is 0 Å². The van der Waals surface area contributed by atoms with Crippen LogP contribution in [0.25, 0.3) is 0 Å². The van der Waals surface area contributed by atoms with Crippen molar-refractivity contribution >= 4 is 40.5 Å². The summed E-state index contributed by atoms with van der Waals surface area (Å²) in [5.41, 5.74) is 1.86. The van der Waals surface area contributed by atoms with E-state index in [1.807, 2.05) is 30.3 Å². The van der Waals surface area contributed by atoms with Crippen molar-refractivity contribution in [2.24, 2.45) is 0 Å². The van der Waals surface area contributed by atoms with E-state index < -0.39 is 0 Å². The predicted octanol–water partition coefficient (Wildman–Crippen LogP) is 5.27. The molecule has 5 heteroatoms. The number of hydrogen-bond acceptors (Lipinski definition) is 2. The van der Waals surface area contributed by atoms with Crippen LogP contribution in [0.2, 0.25) is 15.1 Å². The Bertz CT molecular complexity index is 570. The van der Waals surface area contributed by atoms with Crippen LogP contribution in [0.15, 0.2) is 36.4 Å². The van der Waals surface area contributed by atoms with E-state index in [0.29, 0.717) is 27.4 Å². The van der Waals surface area contributed by atoms with Crippen LogP contribution in [0.5, 0.6) is 5.75 Å². The van der Waals surface area contributed by atoms with E-state index in [2.05, 4.69) is 5.32 Å². The molecule has 19 heavy (non-hydrogen) atoms. The van der Waals surface area contributed by atoms with Gasteiger partial charge in [-0.25, -0.2) is 0 Å². The van der Waals surface area contributed by atoms with E-state index in [9.17, 15) is 0 Å². The highest BCUT2D eigenvalue weighted by atomic mass is 35.5. The van der Waals surface area contributed by atoms with Gasteiger partial charge in [-0.15, -0.1) is 0 Å². The molecule has 2 rings (SSSR count). The molecule has 0 aliphatic rings. The zero-order valence-electron chi connectivity index (χ0n) is 10.2. The minimum absolute atomic E-state index is 0.503. The molecule has 100 valence electrons. The van der Waals surface area contributed by atoms with Gasteiger partial charge in [0.1, 0.15) is 5.75 Å². The van der Waals surface area contributed by atoms with Crippen LogP contribution < -0.4 is 10.1 Å². The van der Waals surface area contributed by atoms with E-state index in [0.717, 1.165) is 11.3 Å². The van der Waals surface area contributed by atoms with Gasteiger partial charge in [0.2, 0.25) is 0 Å². The fraction of sp³-hybridized carbons (Fsp3) is 0.143. The predicted molar refractivity (Wildman–Crippen MR) is 81.8 cm³/mol. The molecule has 0 bridgehead atoms. The van der Waals surface area contributed by atoms with Gasteiger partial charge in [0, 0.05) is 27.8 Å². The van der Waals surface area contributed by atoms with Crippen molar-refractivity contribution in [3.63, 3.8) is 0 Å². The quantitative estimate of drug-likeness (QED) is 0.830. The van der Waals surface area contributed by atoms with Gasteiger partial charge >= 0.3 is 0 Å². The Kier molecular flexibility index (Phi) is 4.81. The average Bonchev–Trinajstić information content (AvgIpc) is 2.37. The number of benzene rings is 2. The van der Waals surface area contributed by atoms with E-state index in [-0.39, 0.29) is 0 Å². The Morgan fingerprint density at radius 3 is 2.32 bits per heavy atom. The summed E-state index contributed by atoms with van der Waals surface area (Å²) in [6.45, 7) is 0.561. The topological polar surface area (TPSA) is 21.3 Å². The van der Waals surface area contributed by atoms with Gasteiger partial charge in [-0.05, 0) is 36.4 Å². The molecular formula is C14H12Cl3NO. The summed E-state index contributed by atoms with van der Waals surface area (Å²) in [6, 6.07) is 10.9. The Morgan fingerprint density at radius 1 is 1.00 bits per heavy atom. The molecule has 0 aliphatic carbocycles. The highest BCUT2D eigenvalue weighted by molar-refractivity contribution is 6.35. The number of rotatable bonds is 4. The molecule has 0 fully saturated rings. The molecule has 0 radical (unpaired) electrons. The van der Waals surface area contributed by atoms with Crippen molar-refractivity contribution in [2.45, 2.75) is 6.54 Å². The normalized spacial score (nSPS) is 10.3. The smallest absolute Gasteiger partial charge is 0.142 e. The number of methoxy groups -OCH3 is 1. The van der Waals surface area contributed by atoms with Gasteiger partial charge < -0.3 is 10.1 Å². The molecule has 0 amide bonds. The molecule has 2 aromatic carbocycles. The lowest BCUT2D eigenvalue weighted by molar-refractivity contribution is 0.410. The lowest BCUT2D eigenvalue weighted by Crippen LogP contribution is -2.02. The maximum atomic E-state index is 6.08. The summed E-state index contributed by atoms with van der Waals surface area (Å²) in [6.07, 6.45) is 0. The summed E-state index contributed by atoms with van der Waals surface area (Å²) in [5.74, 6) is 0.632. The first-order chi connectivity index (χ1) is 9.10. The van der Waals surface area contributed by atoms with Gasteiger partial charge in [0.05, 0.1) is 12.1 Å². The van der Waals surface area contributed by atoms with Gasteiger partial charge in [-0.2, -0.15) is 0 Å². The molecule has 1 N–H and O–H groups in total. The first-order valence-electron chi connectivity index (χ1n) is 5.61. The Labute approximate surface area is 127 Å². The summed E-state index contributed by atoms with van der Waals surface area (Å²) in [5, 5.41) is 5.05. The average molecular weight is 317 g/mol. The van der Waals surface area contributed by atoms with E-state index >= 15 is 0 Å². The number of anilines is 1. The highest BCUT2D eigenvalue weighted by Crippen LogP contribution is 2.32. The van der Waals surface area contributed by atoms with Crippen LogP contribution in [-0.2, 0) is 6.54 Å². The zero-order valence-corrected chi connectivity index (χ0v) is 12.5. The minimum Gasteiger partial charge on any atom is -0.495 e. The lowest BCUT2D eigenvalue weighted by Gasteiger charge is -2.12. The molecule has 0 unspecified atom stereocenters. The first kappa shape index (κ1) is 14.3. The molecule has 0 spiro atoms.